The number of pyridine rings is 2. The molecular formula is C38H48F3N9O3. The number of hydrogen-bond donors (Lipinski definition) is 2. The molecule has 0 unspecified atom stereocenters. The summed E-state index contributed by atoms with van der Waals surface area (Å²) in [5, 5.41) is 9.17. The first-order valence-corrected chi connectivity index (χ1v) is 18.6. The van der Waals surface area contributed by atoms with Crippen molar-refractivity contribution in [2.45, 2.75) is 89.4 Å². The van der Waals surface area contributed by atoms with E-state index in [0.29, 0.717) is 78.2 Å². The van der Waals surface area contributed by atoms with Gasteiger partial charge >= 0.3 is 12.1 Å². The number of imidazole rings is 1. The van der Waals surface area contributed by atoms with E-state index in [1.165, 1.54) is 6.42 Å². The molecule has 2 N–H and O–H groups in total. The second-order valence-electron chi connectivity index (χ2n) is 15.3. The molecule has 4 aromatic heterocycles. The molecule has 1 saturated heterocycles. The number of anilines is 2. The van der Waals surface area contributed by atoms with Crippen molar-refractivity contribution in [3.8, 4) is 22.8 Å². The SMILES string of the molecule is COCC1(CN(C)c2cc(-c3cc(C4CC4)nc(C(F)(F)F)c3)nc3nc(-c4cnc(N5C[C@@H](C)N(CCC(=O)O)[C@@H](C)C5)cn4)[nH]c23)CCCCC1. The zero-order chi connectivity index (χ0) is 37.5. The van der Waals surface area contributed by atoms with Crippen LogP contribution >= 0.6 is 0 Å². The summed E-state index contributed by atoms with van der Waals surface area (Å²) in [6.07, 6.45) is 6.02. The molecule has 5 heterocycles. The minimum Gasteiger partial charge on any atom is -0.481 e. The Morgan fingerprint density at radius 2 is 1.75 bits per heavy atom. The molecule has 0 spiro atoms. The van der Waals surface area contributed by atoms with E-state index in [1.54, 1.807) is 25.6 Å². The number of halogens is 3. The molecular weight excluding hydrogens is 687 g/mol. The lowest BCUT2D eigenvalue weighted by atomic mass is 9.74. The Kier molecular flexibility index (Phi) is 10.3. The maximum Gasteiger partial charge on any atom is 0.433 e. The number of aromatic nitrogens is 6. The minimum atomic E-state index is -4.59. The highest BCUT2D eigenvalue weighted by Gasteiger charge is 2.37. The summed E-state index contributed by atoms with van der Waals surface area (Å²) in [6.45, 7) is 7.35. The molecule has 1 aliphatic heterocycles. The van der Waals surface area contributed by atoms with Gasteiger partial charge in [-0.3, -0.25) is 9.69 Å². The van der Waals surface area contributed by atoms with E-state index in [4.69, 9.17) is 24.7 Å². The number of aliphatic carboxylic acids is 1. The summed E-state index contributed by atoms with van der Waals surface area (Å²) in [5.41, 5.74) is 2.52. The Morgan fingerprint density at radius 3 is 2.38 bits per heavy atom. The van der Waals surface area contributed by atoms with Crippen LogP contribution in [0.1, 0.15) is 82.5 Å². The topological polar surface area (TPSA) is 136 Å². The zero-order valence-corrected chi connectivity index (χ0v) is 30.8. The fraction of sp³-hybridized carbons (Fsp3) is 0.579. The van der Waals surface area contributed by atoms with Crippen LogP contribution in [0, 0.1) is 5.41 Å². The quantitative estimate of drug-likeness (QED) is 0.159. The van der Waals surface area contributed by atoms with Crippen molar-refractivity contribution in [2.75, 3.05) is 56.7 Å². The predicted octanol–water partition coefficient (Wildman–Crippen LogP) is 6.78. The third-order valence-electron chi connectivity index (χ3n) is 11.1. The number of carboxylic acids is 1. The van der Waals surface area contributed by atoms with Gasteiger partial charge in [-0.05, 0) is 57.7 Å². The van der Waals surface area contributed by atoms with Crippen molar-refractivity contribution in [3.63, 3.8) is 0 Å². The molecule has 53 heavy (non-hydrogen) atoms. The van der Waals surface area contributed by atoms with Crippen LogP contribution in [-0.4, -0.2) is 105 Å². The Morgan fingerprint density at radius 1 is 1.02 bits per heavy atom. The van der Waals surface area contributed by atoms with Crippen molar-refractivity contribution in [1.29, 1.82) is 0 Å². The van der Waals surface area contributed by atoms with Gasteiger partial charge in [0.2, 0.25) is 0 Å². The molecule has 12 nitrogen and oxygen atoms in total. The van der Waals surface area contributed by atoms with Gasteiger partial charge in [0.15, 0.2) is 11.5 Å². The molecule has 2 saturated carbocycles. The van der Waals surface area contributed by atoms with Gasteiger partial charge in [0, 0.05) is 75.0 Å². The maximum atomic E-state index is 14.1. The van der Waals surface area contributed by atoms with Gasteiger partial charge in [-0.15, -0.1) is 0 Å². The summed E-state index contributed by atoms with van der Waals surface area (Å²) in [5.74, 6) is 0.377. The number of hydrogen-bond acceptors (Lipinski definition) is 10. The molecule has 0 aromatic carbocycles. The standard InChI is InChI=1S/C38H48F3N9O3/c1-23-19-49(20-24(2)50(23)13-10-33(51)52)32-18-42-29(17-43-32)35-46-34-30(48(3)21-37(22-53-4)11-6-5-7-12-37)16-28(45-36(34)47-35)26-14-27(25-8-9-25)44-31(15-26)38(39,40)41/h14-18,23-25H,5-13,19-22H2,1-4H3,(H,51,52)(H,45,46,47)/t23-,24+. The lowest BCUT2D eigenvalue weighted by Gasteiger charge is -2.44. The second kappa shape index (κ2) is 14.8. The van der Waals surface area contributed by atoms with Crippen molar-refractivity contribution in [2.24, 2.45) is 5.41 Å². The van der Waals surface area contributed by atoms with Crippen molar-refractivity contribution < 1.29 is 27.8 Å². The monoisotopic (exact) mass is 735 g/mol. The maximum absolute atomic E-state index is 14.1. The van der Waals surface area contributed by atoms with Crippen LogP contribution in [0.15, 0.2) is 30.6 Å². The summed E-state index contributed by atoms with van der Waals surface area (Å²) >= 11 is 0. The number of rotatable bonds is 12. The summed E-state index contributed by atoms with van der Waals surface area (Å²) in [7, 11) is 3.74. The smallest absolute Gasteiger partial charge is 0.433 e. The highest BCUT2D eigenvalue weighted by atomic mass is 19.4. The van der Waals surface area contributed by atoms with Gasteiger partial charge < -0.3 is 24.6 Å². The van der Waals surface area contributed by atoms with Gasteiger partial charge in [0.25, 0.3) is 0 Å². The number of aromatic amines is 1. The first kappa shape index (κ1) is 37.0. The van der Waals surface area contributed by atoms with Crippen LogP contribution in [0.2, 0.25) is 0 Å². The number of fused-ring (bicyclic) bond motifs is 1. The van der Waals surface area contributed by atoms with Crippen LogP contribution in [-0.2, 0) is 15.7 Å². The summed E-state index contributed by atoms with van der Waals surface area (Å²) < 4.78 is 48.0. The van der Waals surface area contributed by atoms with Crippen LogP contribution < -0.4 is 9.80 Å². The molecule has 3 aliphatic rings. The zero-order valence-electron chi connectivity index (χ0n) is 30.8. The van der Waals surface area contributed by atoms with E-state index in [-0.39, 0.29) is 29.8 Å². The van der Waals surface area contributed by atoms with Gasteiger partial charge in [-0.25, -0.2) is 24.9 Å². The molecule has 284 valence electrons. The number of nitrogens with zero attached hydrogens (tertiary/aromatic N) is 8. The van der Waals surface area contributed by atoms with E-state index >= 15 is 0 Å². The number of H-pyrrole nitrogens is 1. The van der Waals surface area contributed by atoms with Crippen molar-refractivity contribution >= 4 is 28.6 Å². The summed E-state index contributed by atoms with van der Waals surface area (Å²) in [4.78, 5) is 44.3. The third-order valence-corrected chi connectivity index (χ3v) is 11.1. The predicted molar refractivity (Wildman–Crippen MR) is 196 cm³/mol. The normalized spacial score (nSPS) is 20.9. The first-order chi connectivity index (χ1) is 25.3. The molecule has 0 amide bonds. The third kappa shape index (κ3) is 8.10. The Hall–Kier alpha value is -4.37. The Labute approximate surface area is 307 Å². The van der Waals surface area contributed by atoms with E-state index < -0.39 is 17.8 Å². The van der Waals surface area contributed by atoms with E-state index in [1.807, 2.05) is 13.1 Å². The number of nitrogens with one attached hydrogen (secondary N) is 1. The first-order valence-electron chi connectivity index (χ1n) is 18.6. The summed E-state index contributed by atoms with van der Waals surface area (Å²) in [6, 6.07) is 4.95. The van der Waals surface area contributed by atoms with E-state index in [9.17, 15) is 23.1 Å². The van der Waals surface area contributed by atoms with Gasteiger partial charge in [-0.2, -0.15) is 13.2 Å². The van der Waals surface area contributed by atoms with E-state index in [0.717, 1.165) is 50.3 Å². The number of carbonyl (C=O) groups is 1. The largest absolute Gasteiger partial charge is 0.481 e. The average Bonchev–Trinajstić information content (AvgIpc) is 3.89. The lowest BCUT2D eigenvalue weighted by Crippen LogP contribution is -2.57. The van der Waals surface area contributed by atoms with Crippen molar-refractivity contribution in [3.05, 3.63) is 42.0 Å². The molecule has 2 aliphatic carbocycles. The molecule has 2 atom stereocenters. The number of methoxy groups -OCH3 is 1. The fourth-order valence-corrected chi connectivity index (χ4v) is 8.34. The Bertz CT molecular complexity index is 1910. The Balaban J connectivity index is 1.23. The van der Waals surface area contributed by atoms with Crippen LogP contribution in [0.4, 0.5) is 24.7 Å². The molecule has 4 aromatic rings. The van der Waals surface area contributed by atoms with Gasteiger partial charge in [0.05, 0.1) is 36.8 Å². The second-order valence-corrected chi connectivity index (χ2v) is 15.3. The lowest BCUT2D eigenvalue weighted by molar-refractivity contribution is -0.141. The average molecular weight is 736 g/mol. The van der Waals surface area contributed by atoms with Crippen molar-refractivity contribution in [1.82, 2.24) is 34.8 Å². The number of carboxylic acid groups (broad SMARTS) is 1. The fourth-order valence-electron chi connectivity index (χ4n) is 8.34. The number of ether oxygens (including phenoxy) is 1. The van der Waals surface area contributed by atoms with Crippen LogP contribution in [0.25, 0.3) is 33.9 Å². The number of piperazine rings is 1. The minimum absolute atomic E-state index is 0.0212. The highest BCUT2D eigenvalue weighted by Crippen LogP contribution is 2.43. The highest BCUT2D eigenvalue weighted by molar-refractivity contribution is 5.91. The molecule has 0 bridgehead atoms. The van der Waals surface area contributed by atoms with E-state index in [2.05, 4.69) is 38.5 Å². The van der Waals surface area contributed by atoms with Gasteiger partial charge in [-0.1, -0.05) is 19.3 Å². The molecule has 3 fully saturated rings. The molecule has 0 radical (unpaired) electrons. The molecule has 7 rings (SSSR count). The number of alkyl halides is 3. The van der Waals surface area contributed by atoms with Crippen LogP contribution in [0.3, 0.4) is 0 Å². The van der Waals surface area contributed by atoms with Gasteiger partial charge in [0.1, 0.15) is 22.7 Å². The molecule has 15 heteroatoms. The van der Waals surface area contributed by atoms with Crippen LogP contribution in [0.5, 0.6) is 0 Å².